The van der Waals surface area contributed by atoms with Crippen LogP contribution in [0.5, 0.6) is 0 Å². The van der Waals surface area contributed by atoms with Crippen LogP contribution in [-0.4, -0.2) is 19.7 Å². The van der Waals surface area contributed by atoms with Crippen molar-refractivity contribution in [2.75, 3.05) is 4.90 Å². The fourth-order valence-electron chi connectivity index (χ4n) is 3.81. The van der Waals surface area contributed by atoms with Crippen LogP contribution in [0.2, 0.25) is 0 Å². The first kappa shape index (κ1) is 18.9. The van der Waals surface area contributed by atoms with E-state index in [4.69, 9.17) is 0 Å². The van der Waals surface area contributed by atoms with Gasteiger partial charge in [0.25, 0.3) is 0 Å². The topological polar surface area (TPSA) is 46.8 Å². The van der Waals surface area contributed by atoms with Gasteiger partial charge in [0.05, 0.1) is 5.69 Å². The first-order valence-corrected chi connectivity index (χ1v) is 10.1. The van der Waals surface area contributed by atoms with E-state index in [0.29, 0.717) is 11.6 Å². The Balaban J connectivity index is 1.79. The molecule has 6 heteroatoms. The summed E-state index contributed by atoms with van der Waals surface area (Å²) in [6.45, 7) is 2.12. The Kier molecular flexibility index (Phi) is 4.88. The molecule has 0 saturated heterocycles. The molecule has 0 unspecified atom stereocenters. The highest BCUT2D eigenvalue weighted by atomic mass is 19.1. The predicted octanol–water partition coefficient (Wildman–Crippen LogP) is 5.99. The molecule has 0 N–H and O–H groups in total. The number of benzene rings is 3. The van der Waals surface area contributed by atoms with Crippen molar-refractivity contribution in [1.82, 2.24) is 19.7 Å². The Hall–Kier alpha value is -4.06. The van der Waals surface area contributed by atoms with Gasteiger partial charge >= 0.3 is 0 Å². The van der Waals surface area contributed by atoms with Crippen molar-refractivity contribution in [2.45, 2.75) is 13.3 Å². The third-order valence-electron chi connectivity index (χ3n) is 5.31. The molecule has 0 bridgehead atoms. The smallest absolute Gasteiger partial charge is 0.168 e. The van der Waals surface area contributed by atoms with E-state index in [2.05, 4.69) is 34.2 Å². The largest absolute Gasteiger partial charge is 0.293 e. The molecule has 0 aliphatic carbocycles. The van der Waals surface area contributed by atoms with Crippen LogP contribution in [0, 0.1) is 5.82 Å². The van der Waals surface area contributed by atoms with E-state index in [1.54, 1.807) is 24.7 Å². The number of fused-ring (bicyclic) bond motifs is 1. The van der Waals surface area contributed by atoms with Gasteiger partial charge in [-0.3, -0.25) is 9.47 Å². The van der Waals surface area contributed by atoms with Gasteiger partial charge in [-0.15, -0.1) is 10.2 Å². The van der Waals surface area contributed by atoms with Crippen LogP contribution in [0.15, 0.2) is 91.5 Å². The summed E-state index contributed by atoms with van der Waals surface area (Å²) in [7, 11) is 0. The number of para-hydroxylation sites is 1. The van der Waals surface area contributed by atoms with Gasteiger partial charge in [-0.25, -0.2) is 9.37 Å². The molecule has 31 heavy (non-hydrogen) atoms. The molecule has 0 fully saturated rings. The minimum Gasteiger partial charge on any atom is -0.293 e. The van der Waals surface area contributed by atoms with Crippen LogP contribution in [0.3, 0.4) is 0 Å². The summed E-state index contributed by atoms with van der Waals surface area (Å²) < 4.78 is 15.6. The molecule has 3 aromatic carbocycles. The maximum Gasteiger partial charge on any atom is 0.168 e. The number of halogens is 1. The Labute approximate surface area is 179 Å². The van der Waals surface area contributed by atoms with Crippen LogP contribution in [0.1, 0.15) is 12.5 Å². The van der Waals surface area contributed by atoms with E-state index >= 15 is 0 Å². The SMILES string of the molecule is CCc1ccccc1N(c1ccc(F)cc1)c1nnc(-n2ccnc2)c2ccccc12. The molecule has 0 aliphatic heterocycles. The van der Waals surface area contributed by atoms with Crippen LogP contribution in [0.4, 0.5) is 21.6 Å². The van der Waals surface area contributed by atoms with Crippen molar-refractivity contribution >= 4 is 28.0 Å². The fourth-order valence-corrected chi connectivity index (χ4v) is 3.81. The summed E-state index contributed by atoms with van der Waals surface area (Å²) in [5.74, 6) is 1.12. The van der Waals surface area contributed by atoms with Gasteiger partial charge in [0.15, 0.2) is 11.6 Å². The molecule has 0 saturated carbocycles. The number of anilines is 3. The Morgan fingerprint density at radius 3 is 2.35 bits per heavy atom. The first-order valence-electron chi connectivity index (χ1n) is 10.1. The summed E-state index contributed by atoms with van der Waals surface area (Å²) in [5.41, 5.74) is 2.97. The van der Waals surface area contributed by atoms with Crippen LogP contribution in [-0.2, 0) is 6.42 Å². The van der Waals surface area contributed by atoms with Gasteiger partial charge in [0, 0.05) is 28.9 Å². The monoisotopic (exact) mass is 409 g/mol. The van der Waals surface area contributed by atoms with E-state index in [-0.39, 0.29) is 5.82 Å². The number of aryl methyl sites for hydroxylation is 1. The minimum atomic E-state index is -0.279. The quantitative estimate of drug-likeness (QED) is 0.358. The van der Waals surface area contributed by atoms with Crippen molar-refractivity contribution in [3.63, 3.8) is 0 Å². The molecule has 0 radical (unpaired) electrons. The zero-order chi connectivity index (χ0) is 21.2. The average molecular weight is 409 g/mol. The molecule has 0 spiro atoms. The molecule has 0 amide bonds. The first-order chi connectivity index (χ1) is 15.3. The second kappa shape index (κ2) is 7.99. The fraction of sp³-hybridized carbons (Fsp3) is 0.0800. The molecule has 2 aromatic heterocycles. The number of hydrogen-bond acceptors (Lipinski definition) is 4. The van der Waals surface area contributed by atoms with Crippen LogP contribution in [0.25, 0.3) is 16.6 Å². The summed E-state index contributed by atoms with van der Waals surface area (Å²) in [4.78, 5) is 6.19. The summed E-state index contributed by atoms with van der Waals surface area (Å²) in [6.07, 6.45) is 6.12. The minimum absolute atomic E-state index is 0.279. The zero-order valence-electron chi connectivity index (χ0n) is 17.0. The van der Waals surface area contributed by atoms with Gasteiger partial charge in [0.1, 0.15) is 12.1 Å². The highest BCUT2D eigenvalue weighted by molar-refractivity contribution is 5.99. The molecule has 5 nitrogen and oxygen atoms in total. The average Bonchev–Trinajstić information content (AvgIpc) is 3.35. The van der Waals surface area contributed by atoms with E-state index < -0.39 is 0 Å². The number of hydrogen-bond donors (Lipinski definition) is 0. The van der Waals surface area contributed by atoms with Gasteiger partial charge in [-0.2, -0.15) is 0 Å². The molecular weight excluding hydrogens is 389 g/mol. The third kappa shape index (κ3) is 3.42. The molecule has 0 atom stereocenters. The lowest BCUT2D eigenvalue weighted by atomic mass is 10.1. The van der Waals surface area contributed by atoms with Crippen molar-refractivity contribution in [2.24, 2.45) is 0 Å². The van der Waals surface area contributed by atoms with Crippen LogP contribution >= 0.6 is 0 Å². The highest BCUT2D eigenvalue weighted by Crippen LogP contribution is 2.39. The number of nitrogens with zero attached hydrogens (tertiary/aromatic N) is 5. The van der Waals surface area contributed by atoms with Gasteiger partial charge < -0.3 is 0 Å². The van der Waals surface area contributed by atoms with Gasteiger partial charge in [-0.05, 0) is 42.3 Å². The van der Waals surface area contributed by atoms with Crippen LogP contribution < -0.4 is 4.90 Å². The third-order valence-corrected chi connectivity index (χ3v) is 5.31. The Morgan fingerprint density at radius 2 is 1.61 bits per heavy atom. The number of imidazole rings is 1. The maximum absolute atomic E-state index is 13.7. The number of aromatic nitrogens is 4. The highest BCUT2D eigenvalue weighted by Gasteiger charge is 2.21. The van der Waals surface area contributed by atoms with Gasteiger partial charge in [-0.1, -0.05) is 49.4 Å². The normalized spacial score (nSPS) is 11.0. The summed E-state index contributed by atoms with van der Waals surface area (Å²) >= 11 is 0. The van der Waals surface area contributed by atoms with Crippen molar-refractivity contribution < 1.29 is 4.39 Å². The summed E-state index contributed by atoms with van der Waals surface area (Å²) in [6, 6.07) is 22.7. The van der Waals surface area contributed by atoms with E-state index in [9.17, 15) is 4.39 Å². The van der Waals surface area contributed by atoms with E-state index in [1.807, 2.05) is 52.1 Å². The van der Waals surface area contributed by atoms with E-state index in [1.165, 1.54) is 12.1 Å². The lowest BCUT2D eigenvalue weighted by Crippen LogP contribution is -2.15. The summed E-state index contributed by atoms with van der Waals surface area (Å²) in [5, 5.41) is 11.1. The molecule has 152 valence electrons. The lowest BCUT2D eigenvalue weighted by molar-refractivity contribution is 0.628. The zero-order valence-corrected chi connectivity index (χ0v) is 17.0. The lowest BCUT2D eigenvalue weighted by Gasteiger charge is -2.27. The van der Waals surface area contributed by atoms with E-state index in [0.717, 1.165) is 34.1 Å². The standard InChI is InChI=1S/C25H20FN5/c1-2-18-7-3-6-10-23(18)31(20-13-11-19(26)12-14-20)25-22-9-5-4-8-21(22)24(28-29-25)30-16-15-27-17-30/h3-17H,2H2,1H3. The van der Waals surface area contributed by atoms with Gasteiger partial charge in [0.2, 0.25) is 0 Å². The molecule has 0 aliphatic rings. The van der Waals surface area contributed by atoms with Crippen molar-refractivity contribution in [3.8, 4) is 5.82 Å². The second-order valence-electron chi connectivity index (χ2n) is 7.16. The molecule has 5 rings (SSSR count). The predicted molar refractivity (Wildman–Crippen MR) is 121 cm³/mol. The van der Waals surface area contributed by atoms with Crippen molar-refractivity contribution in [1.29, 1.82) is 0 Å². The Morgan fingerprint density at radius 1 is 0.871 bits per heavy atom. The Bertz CT molecular complexity index is 1330. The molecular formula is C25H20FN5. The van der Waals surface area contributed by atoms with Crippen molar-refractivity contribution in [3.05, 3.63) is 103 Å². The molecule has 5 aromatic rings. The number of rotatable bonds is 5. The second-order valence-corrected chi connectivity index (χ2v) is 7.16. The molecule has 2 heterocycles. The maximum atomic E-state index is 13.7.